The number of piperazine rings is 1. The number of aromatic nitrogens is 1. The van der Waals surface area contributed by atoms with Crippen molar-refractivity contribution < 1.29 is 22.7 Å². The number of methoxy groups -OCH3 is 1. The summed E-state index contributed by atoms with van der Waals surface area (Å²) in [4.78, 5) is 30.7. The summed E-state index contributed by atoms with van der Waals surface area (Å²) in [5.41, 5.74) is 0.421. The summed E-state index contributed by atoms with van der Waals surface area (Å²) >= 11 is 0. The van der Waals surface area contributed by atoms with E-state index in [0.717, 1.165) is 0 Å². The van der Waals surface area contributed by atoms with Crippen molar-refractivity contribution in [3.05, 3.63) is 24.0 Å². The Morgan fingerprint density at radius 1 is 1.26 bits per heavy atom. The highest BCUT2D eigenvalue weighted by Gasteiger charge is 2.49. The van der Waals surface area contributed by atoms with E-state index in [1.165, 1.54) is 12.0 Å². The first-order valence-electron chi connectivity index (χ1n) is 7.36. The molecule has 1 N–H and O–H groups in total. The van der Waals surface area contributed by atoms with E-state index in [4.69, 9.17) is 4.74 Å². The molecule has 2 amide bonds. The van der Waals surface area contributed by atoms with Crippen LogP contribution in [0.3, 0.4) is 0 Å². The number of rotatable bonds is 3. The molecule has 0 radical (unpaired) electrons. The van der Waals surface area contributed by atoms with Crippen LogP contribution in [0, 0.1) is 0 Å². The third-order valence-electron chi connectivity index (χ3n) is 4.35. The van der Waals surface area contributed by atoms with Crippen LogP contribution in [0.1, 0.15) is 10.5 Å². The normalized spacial score (nSPS) is 26.1. The van der Waals surface area contributed by atoms with Crippen LogP contribution >= 0.6 is 0 Å². The minimum absolute atomic E-state index is 0.0894. The van der Waals surface area contributed by atoms with Crippen LogP contribution in [0.5, 0.6) is 0 Å². The number of nitrogens with zero attached hydrogens (tertiary/aromatic N) is 2. The van der Waals surface area contributed by atoms with Crippen molar-refractivity contribution in [3.8, 4) is 0 Å². The summed E-state index contributed by atoms with van der Waals surface area (Å²) < 4.78 is 29.0. The van der Waals surface area contributed by atoms with Crippen molar-refractivity contribution >= 4 is 21.7 Å². The van der Waals surface area contributed by atoms with Crippen LogP contribution in [0.15, 0.2) is 18.3 Å². The second-order valence-electron chi connectivity index (χ2n) is 5.81. The molecule has 23 heavy (non-hydrogen) atoms. The summed E-state index contributed by atoms with van der Waals surface area (Å²) in [6.45, 7) is 0.531. The largest absolute Gasteiger partial charge is 0.375 e. The van der Waals surface area contributed by atoms with Crippen molar-refractivity contribution in [2.75, 3.05) is 38.3 Å². The monoisotopic (exact) mass is 341 g/mol. The summed E-state index contributed by atoms with van der Waals surface area (Å²) in [5, 5.41) is 0. The zero-order chi connectivity index (χ0) is 16.6. The van der Waals surface area contributed by atoms with E-state index in [0.29, 0.717) is 18.8 Å². The van der Waals surface area contributed by atoms with Crippen LogP contribution < -0.4 is 0 Å². The topological polar surface area (TPSA) is 99.8 Å². The number of nitrogens with one attached hydrogen (secondary N) is 1. The Balaban J connectivity index is 1.87. The molecule has 0 aromatic carbocycles. The van der Waals surface area contributed by atoms with Gasteiger partial charge in [-0.25, -0.2) is 8.42 Å². The van der Waals surface area contributed by atoms with Gasteiger partial charge in [0.2, 0.25) is 5.91 Å². The highest BCUT2D eigenvalue weighted by Crippen LogP contribution is 2.28. The van der Waals surface area contributed by atoms with Gasteiger partial charge in [-0.15, -0.1) is 0 Å². The SMILES string of the molecule is COCC(=O)N1CCN(C(=O)c2ccc[nH]2)[C@H]2CS(=O)(=O)C[C@H]21. The number of fused-ring (bicyclic) bond motifs is 1. The second-order valence-corrected chi connectivity index (χ2v) is 7.97. The molecule has 9 heteroatoms. The van der Waals surface area contributed by atoms with Gasteiger partial charge in [0.1, 0.15) is 12.3 Å². The molecule has 1 aromatic heterocycles. The lowest BCUT2D eigenvalue weighted by Gasteiger charge is -2.43. The lowest BCUT2D eigenvalue weighted by molar-refractivity contribution is -0.140. The smallest absolute Gasteiger partial charge is 0.270 e. The second kappa shape index (κ2) is 5.97. The molecule has 3 rings (SSSR count). The van der Waals surface area contributed by atoms with Crippen LogP contribution in [0.2, 0.25) is 0 Å². The van der Waals surface area contributed by atoms with E-state index in [-0.39, 0.29) is 29.9 Å². The zero-order valence-electron chi connectivity index (χ0n) is 12.8. The van der Waals surface area contributed by atoms with Crippen LogP contribution in [0.25, 0.3) is 0 Å². The summed E-state index contributed by atoms with van der Waals surface area (Å²) in [6, 6.07) is 2.36. The molecule has 0 saturated carbocycles. The summed E-state index contributed by atoms with van der Waals surface area (Å²) in [6.07, 6.45) is 1.65. The minimum atomic E-state index is -3.28. The van der Waals surface area contributed by atoms with Crippen molar-refractivity contribution in [1.29, 1.82) is 0 Å². The van der Waals surface area contributed by atoms with Crippen molar-refractivity contribution in [2.45, 2.75) is 12.1 Å². The van der Waals surface area contributed by atoms with Gasteiger partial charge in [0, 0.05) is 26.4 Å². The van der Waals surface area contributed by atoms with Gasteiger partial charge in [0.25, 0.3) is 5.91 Å². The number of carbonyl (C=O) groups excluding carboxylic acids is 2. The predicted octanol–water partition coefficient (Wildman–Crippen LogP) is -0.889. The van der Waals surface area contributed by atoms with Crippen molar-refractivity contribution in [1.82, 2.24) is 14.8 Å². The fourth-order valence-corrected chi connectivity index (χ4v) is 5.32. The molecule has 0 spiro atoms. The average Bonchev–Trinajstić information content (AvgIpc) is 3.11. The molecular formula is C14H19N3O5S. The van der Waals surface area contributed by atoms with Gasteiger partial charge in [0.15, 0.2) is 9.84 Å². The van der Waals surface area contributed by atoms with Gasteiger partial charge < -0.3 is 19.5 Å². The first-order valence-corrected chi connectivity index (χ1v) is 9.18. The number of carbonyl (C=O) groups is 2. The Morgan fingerprint density at radius 2 is 1.91 bits per heavy atom. The fourth-order valence-electron chi connectivity index (χ4n) is 3.34. The molecule has 3 heterocycles. The standard InChI is InChI=1S/C14H19N3O5S/c1-22-7-13(18)16-5-6-17(14(19)10-3-2-4-15-10)12-9-23(20,21)8-11(12)16/h2-4,11-12,15H,5-9H2,1H3/t11-,12+/m1/s1. The van der Waals surface area contributed by atoms with E-state index in [1.807, 2.05) is 0 Å². The zero-order valence-corrected chi connectivity index (χ0v) is 13.6. The molecule has 2 aliphatic heterocycles. The highest BCUT2D eigenvalue weighted by molar-refractivity contribution is 7.91. The number of hydrogen-bond acceptors (Lipinski definition) is 5. The van der Waals surface area contributed by atoms with Crippen LogP contribution in [-0.2, 0) is 19.4 Å². The van der Waals surface area contributed by atoms with Crippen LogP contribution in [-0.4, -0.2) is 85.4 Å². The molecule has 2 atom stereocenters. The molecule has 1 aromatic rings. The fraction of sp³-hybridized carbons (Fsp3) is 0.571. The Hall–Kier alpha value is -1.87. The van der Waals surface area contributed by atoms with Gasteiger partial charge in [0.05, 0.1) is 23.6 Å². The Morgan fingerprint density at radius 3 is 2.52 bits per heavy atom. The molecule has 126 valence electrons. The van der Waals surface area contributed by atoms with Gasteiger partial charge in [-0.2, -0.15) is 0 Å². The number of amides is 2. The van der Waals surface area contributed by atoms with E-state index in [9.17, 15) is 18.0 Å². The average molecular weight is 341 g/mol. The number of H-pyrrole nitrogens is 1. The number of hydrogen-bond donors (Lipinski definition) is 1. The summed E-state index contributed by atoms with van der Waals surface area (Å²) in [7, 11) is -1.86. The highest BCUT2D eigenvalue weighted by atomic mass is 32.2. The minimum Gasteiger partial charge on any atom is -0.375 e. The lowest BCUT2D eigenvalue weighted by atomic mass is 10.0. The Labute approximate surface area is 134 Å². The number of ether oxygens (including phenoxy) is 1. The van der Waals surface area contributed by atoms with Crippen LogP contribution in [0.4, 0.5) is 0 Å². The third kappa shape index (κ3) is 2.98. The molecule has 0 bridgehead atoms. The molecule has 8 nitrogen and oxygen atoms in total. The first-order chi connectivity index (χ1) is 10.9. The first kappa shape index (κ1) is 16.0. The summed E-state index contributed by atoms with van der Waals surface area (Å²) in [5.74, 6) is -0.699. The van der Waals surface area contributed by atoms with Crippen molar-refractivity contribution in [3.63, 3.8) is 0 Å². The molecular weight excluding hydrogens is 322 g/mol. The van der Waals surface area contributed by atoms with Gasteiger partial charge in [-0.05, 0) is 12.1 Å². The van der Waals surface area contributed by atoms with E-state index in [2.05, 4.69) is 4.98 Å². The maximum atomic E-state index is 12.6. The molecule has 2 aliphatic rings. The molecule has 0 unspecified atom stereocenters. The van der Waals surface area contributed by atoms with E-state index in [1.54, 1.807) is 23.2 Å². The quantitative estimate of drug-likeness (QED) is 0.769. The Bertz CT molecular complexity index is 700. The van der Waals surface area contributed by atoms with E-state index >= 15 is 0 Å². The lowest BCUT2D eigenvalue weighted by Crippen LogP contribution is -2.62. The third-order valence-corrected chi connectivity index (χ3v) is 6.05. The maximum absolute atomic E-state index is 12.6. The van der Waals surface area contributed by atoms with Gasteiger partial charge in [-0.3, -0.25) is 9.59 Å². The molecule has 0 aliphatic carbocycles. The maximum Gasteiger partial charge on any atom is 0.270 e. The molecule has 2 saturated heterocycles. The Kier molecular flexibility index (Phi) is 4.15. The number of aromatic amines is 1. The van der Waals surface area contributed by atoms with Gasteiger partial charge in [-0.1, -0.05) is 0 Å². The number of sulfone groups is 1. The predicted molar refractivity (Wildman–Crippen MR) is 81.6 cm³/mol. The van der Waals surface area contributed by atoms with E-state index < -0.39 is 21.9 Å². The van der Waals surface area contributed by atoms with Crippen molar-refractivity contribution in [2.24, 2.45) is 0 Å². The molecule has 2 fully saturated rings. The van der Waals surface area contributed by atoms with Gasteiger partial charge >= 0.3 is 0 Å².